The van der Waals surface area contributed by atoms with Crippen LogP contribution in [-0.4, -0.2) is 31.7 Å². The molecule has 33 heavy (non-hydrogen) atoms. The molecule has 6 heteroatoms. The molecule has 0 heterocycles. The Morgan fingerprint density at radius 3 is 2.09 bits per heavy atom. The maximum Gasteiger partial charge on any atom is 0.243 e. The lowest BCUT2D eigenvalue weighted by atomic mass is 9.96. The van der Waals surface area contributed by atoms with E-state index in [9.17, 15) is 13.2 Å². The Bertz CT molecular complexity index is 1190. The SMILES string of the molecule is Cc1cc(C)c(C(C)NC(=O)CN(CCc2ccccc2)S(=O)(=O)c2ccccc2)cc1C. The van der Waals surface area contributed by atoms with Crippen LogP contribution in [0.3, 0.4) is 0 Å². The van der Waals surface area contributed by atoms with Gasteiger partial charge in [-0.1, -0.05) is 60.7 Å². The number of carbonyl (C=O) groups excluding carboxylic acids is 1. The number of nitrogens with one attached hydrogen (secondary N) is 1. The Morgan fingerprint density at radius 1 is 0.879 bits per heavy atom. The van der Waals surface area contributed by atoms with Gasteiger partial charge in [0, 0.05) is 6.54 Å². The first-order valence-corrected chi connectivity index (χ1v) is 12.6. The van der Waals surface area contributed by atoms with Gasteiger partial charge in [-0.3, -0.25) is 4.79 Å². The van der Waals surface area contributed by atoms with Crippen molar-refractivity contribution < 1.29 is 13.2 Å². The van der Waals surface area contributed by atoms with Crippen LogP contribution in [0, 0.1) is 20.8 Å². The minimum absolute atomic E-state index is 0.184. The van der Waals surface area contributed by atoms with Crippen LogP contribution < -0.4 is 5.32 Å². The number of aryl methyl sites for hydroxylation is 3. The second-order valence-corrected chi connectivity index (χ2v) is 10.4. The van der Waals surface area contributed by atoms with Gasteiger partial charge in [-0.05, 0) is 74.1 Å². The van der Waals surface area contributed by atoms with Gasteiger partial charge in [0.15, 0.2) is 0 Å². The number of carbonyl (C=O) groups is 1. The van der Waals surface area contributed by atoms with E-state index < -0.39 is 10.0 Å². The highest BCUT2D eigenvalue weighted by atomic mass is 32.2. The molecule has 3 aromatic carbocycles. The van der Waals surface area contributed by atoms with Gasteiger partial charge in [-0.25, -0.2) is 8.42 Å². The number of hydrogen-bond donors (Lipinski definition) is 1. The second kappa shape index (κ2) is 10.8. The first-order chi connectivity index (χ1) is 15.7. The van der Waals surface area contributed by atoms with Crippen molar-refractivity contribution in [3.8, 4) is 0 Å². The van der Waals surface area contributed by atoms with Gasteiger partial charge < -0.3 is 5.32 Å². The summed E-state index contributed by atoms with van der Waals surface area (Å²) in [6.45, 7) is 8.04. The molecule has 0 saturated heterocycles. The minimum atomic E-state index is -3.81. The maximum atomic E-state index is 13.3. The van der Waals surface area contributed by atoms with E-state index >= 15 is 0 Å². The van der Waals surface area contributed by atoms with E-state index in [0.29, 0.717) is 6.42 Å². The largest absolute Gasteiger partial charge is 0.348 e. The molecule has 0 aliphatic carbocycles. The van der Waals surface area contributed by atoms with Crippen molar-refractivity contribution in [1.82, 2.24) is 9.62 Å². The standard InChI is InChI=1S/C27H32N2O3S/c1-20-17-22(3)26(18-21(20)2)23(4)28-27(30)19-29(16-15-24-11-7-5-8-12-24)33(31,32)25-13-9-6-10-14-25/h5-14,17-18,23H,15-16,19H2,1-4H3,(H,28,30). The van der Waals surface area contributed by atoms with Crippen molar-refractivity contribution in [3.63, 3.8) is 0 Å². The zero-order valence-corrected chi connectivity index (χ0v) is 20.5. The number of amides is 1. The number of nitrogens with zero attached hydrogens (tertiary/aromatic N) is 1. The van der Waals surface area contributed by atoms with E-state index in [0.717, 1.165) is 22.3 Å². The topological polar surface area (TPSA) is 66.5 Å². The Kier molecular flexibility index (Phi) is 8.06. The van der Waals surface area contributed by atoms with E-state index in [2.05, 4.69) is 24.4 Å². The van der Waals surface area contributed by atoms with Crippen LogP contribution in [-0.2, 0) is 21.2 Å². The molecule has 1 amide bonds. The molecule has 1 atom stereocenters. The van der Waals surface area contributed by atoms with E-state index in [1.807, 2.05) is 51.1 Å². The van der Waals surface area contributed by atoms with E-state index in [1.165, 1.54) is 9.87 Å². The van der Waals surface area contributed by atoms with Gasteiger partial charge in [0.1, 0.15) is 0 Å². The highest BCUT2D eigenvalue weighted by Gasteiger charge is 2.27. The van der Waals surface area contributed by atoms with Gasteiger partial charge >= 0.3 is 0 Å². The highest BCUT2D eigenvalue weighted by molar-refractivity contribution is 7.89. The van der Waals surface area contributed by atoms with Crippen molar-refractivity contribution in [2.24, 2.45) is 0 Å². The van der Waals surface area contributed by atoms with Crippen molar-refractivity contribution in [2.45, 2.75) is 45.1 Å². The fraction of sp³-hybridized carbons (Fsp3) is 0.296. The smallest absolute Gasteiger partial charge is 0.243 e. The Balaban J connectivity index is 1.78. The van der Waals surface area contributed by atoms with E-state index in [1.54, 1.807) is 30.3 Å². The number of sulfonamides is 1. The third-order valence-corrected chi connectivity index (χ3v) is 7.78. The molecular formula is C27H32N2O3S. The molecule has 174 valence electrons. The molecule has 0 spiro atoms. The fourth-order valence-electron chi connectivity index (χ4n) is 3.90. The zero-order chi connectivity index (χ0) is 24.0. The highest BCUT2D eigenvalue weighted by Crippen LogP contribution is 2.22. The Hall–Kier alpha value is -2.96. The zero-order valence-electron chi connectivity index (χ0n) is 19.7. The lowest BCUT2D eigenvalue weighted by molar-refractivity contribution is -0.121. The van der Waals surface area contributed by atoms with Crippen molar-refractivity contribution in [1.29, 1.82) is 0 Å². The average Bonchev–Trinajstić information content (AvgIpc) is 2.80. The first kappa shape index (κ1) is 24.7. The summed E-state index contributed by atoms with van der Waals surface area (Å²) in [5.41, 5.74) is 5.52. The van der Waals surface area contributed by atoms with Gasteiger partial charge in [-0.2, -0.15) is 4.31 Å². The molecule has 1 unspecified atom stereocenters. The number of benzene rings is 3. The minimum Gasteiger partial charge on any atom is -0.348 e. The molecule has 1 N–H and O–H groups in total. The lowest BCUT2D eigenvalue weighted by Gasteiger charge is -2.24. The summed E-state index contributed by atoms with van der Waals surface area (Å²) in [4.78, 5) is 13.2. The van der Waals surface area contributed by atoms with Gasteiger partial charge in [-0.15, -0.1) is 0 Å². The Morgan fingerprint density at radius 2 is 1.45 bits per heavy atom. The summed E-state index contributed by atoms with van der Waals surface area (Å²) >= 11 is 0. The average molecular weight is 465 g/mol. The molecule has 0 fully saturated rings. The monoisotopic (exact) mass is 464 g/mol. The third kappa shape index (κ3) is 6.30. The van der Waals surface area contributed by atoms with Crippen molar-refractivity contribution in [2.75, 3.05) is 13.1 Å². The van der Waals surface area contributed by atoms with Crippen LogP contribution in [0.15, 0.2) is 77.7 Å². The fourth-order valence-corrected chi connectivity index (χ4v) is 5.32. The predicted octanol–water partition coefficient (Wildman–Crippen LogP) is 4.72. The van der Waals surface area contributed by atoms with E-state index in [-0.39, 0.29) is 29.9 Å². The summed E-state index contributed by atoms with van der Waals surface area (Å²) in [5.74, 6) is -0.326. The van der Waals surface area contributed by atoms with Crippen LogP contribution >= 0.6 is 0 Å². The van der Waals surface area contributed by atoms with Crippen LogP contribution in [0.5, 0.6) is 0 Å². The molecule has 0 aliphatic rings. The Labute approximate surface area is 197 Å². The molecule has 3 rings (SSSR count). The quantitative estimate of drug-likeness (QED) is 0.498. The third-order valence-electron chi connectivity index (χ3n) is 5.92. The summed E-state index contributed by atoms with van der Waals surface area (Å²) in [7, 11) is -3.81. The first-order valence-electron chi connectivity index (χ1n) is 11.1. The molecule has 5 nitrogen and oxygen atoms in total. The van der Waals surface area contributed by atoms with Gasteiger partial charge in [0.2, 0.25) is 15.9 Å². The maximum absolute atomic E-state index is 13.3. The van der Waals surface area contributed by atoms with Crippen LogP contribution in [0.4, 0.5) is 0 Å². The number of hydrogen-bond acceptors (Lipinski definition) is 3. The van der Waals surface area contributed by atoms with Crippen LogP contribution in [0.25, 0.3) is 0 Å². The van der Waals surface area contributed by atoms with Gasteiger partial charge in [0.25, 0.3) is 0 Å². The summed E-state index contributed by atoms with van der Waals surface area (Å²) in [6.07, 6.45) is 0.520. The van der Waals surface area contributed by atoms with Crippen molar-refractivity contribution in [3.05, 3.63) is 101 Å². The molecule has 0 saturated carbocycles. The summed E-state index contributed by atoms with van der Waals surface area (Å²) < 4.78 is 27.9. The summed E-state index contributed by atoms with van der Waals surface area (Å²) in [5, 5.41) is 2.99. The number of rotatable bonds is 9. The van der Waals surface area contributed by atoms with E-state index in [4.69, 9.17) is 0 Å². The molecule has 0 radical (unpaired) electrons. The molecule has 0 aliphatic heterocycles. The molecule has 0 aromatic heterocycles. The second-order valence-electron chi connectivity index (χ2n) is 8.47. The van der Waals surface area contributed by atoms with Gasteiger partial charge in [0.05, 0.1) is 17.5 Å². The van der Waals surface area contributed by atoms with Crippen molar-refractivity contribution >= 4 is 15.9 Å². The molecule has 0 bridgehead atoms. The molecule has 3 aromatic rings. The predicted molar refractivity (Wildman–Crippen MR) is 133 cm³/mol. The summed E-state index contributed by atoms with van der Waals surface area (Å²) in [6, 6.07) is 21.9. The molecular weight excluding hydrogens is 432 g/mol. The normalized spacial score (nSPS) is 12.5. The van der Waals surface area contributed by atoms with Crippen LogP contribution in [0.1, 0.15) is 40.8 Å². The van der Waals surface area contributed by atoms with Crippen LogP contribution in [0.2, 0.25) is 0 Å². The lowest BCUT2D eigenvalue weighted by Crippen LogP contribution is -2.42.